The second-order valence-electron chi connectivity index (χ2n) is 8.56. The second-order valence-corrected chi connectivity index (χ2v) is 8.56. The van der Waals surface area contributed by atoms with E-state index in [2.05, 4.69) is 33.3 Å². The van der Waals surface area contributed by atoms with Crippen molar-refractivity contribution in [2.45, 2.75) is 13.0 Å². The fourth-order valence-electron chi connectivity index (χ4n) is 4.44. The monoisotopic (exact) mass is 433 g/mol. The number of anilines is 1. The highest BCUT2D eigenvalue weighted by atomic mass is 16.5. The van der Waals surface area contributed by atoms with Crippen LogP contribution in [0.25, 0.3) is 0 Å². The number of carbonyl (C=O) groups excluding carboxylic acids is 1. The Balaban J connectivity index is 1.18. The summed E-state index contributed by atoms with van der Waals surface area (Å²) in [7, 11) is 1.69. The summed E-state index contributed by atoms with van der Waals surface area (Å²) in [5, 5.41) is 12.1. The fraction of sp³-hybridized carbons (Fsp3) is 0.440. The third kappa shape index (κ3) is 5.51. The van der Waals surface area contributed by atoms with Crippen molar-refractivity contribution in [2.24, 2.45) is 5.92 Å². The van der Waals surface area contributed by atoms with Gasteiger partial charge in [0.2, 0.25) is 0 Å². The standard InChI is InChI=1S/C25H31N5O2/c1-32-24-4-2-3-23(15-24)30-10-9-22(19-30)17-27-25(31)29-13-11-28(12-14-29)18-21-7-5-20(16-26)6-8-21/h2-8,15,22H,9-14,17-19H2,1H3,(H,27,31). The van der Waals surface area contributed by atoms with Crippen LogP contribution in [0.1, 0.15) is 17.5 Å². The molecule has 0 bridgehead atoms. The summed E-state index contributed by atoms with van der Waals surface area (Å²) in [6.45, 7) is 6.72. The van der Waals surface area contributed by atoms with E-state index in [1.165, 1.54) is 11.3 Å². The van der Waals surface area contributed by atoms with E-state index >= 15 is 0 Å². The summed E-state index contributed by atoms with van der Waals surface area (Å²) in [5.41, 5.74) is 3.06. The van der Waals surface area contributed by atoms with Crippen LogP contribution in [0.15, 0.2) is 48.5 Å². The quantitative estimate of drug-likeness (QED) is 0.759. The maximum absolute atomic E-state index is 12.7. The van der Waals surface area contributed by atoms with Gasteiger partial charge in [0.05, 0.1) is 18.7 Å². The van der Waals surface area contributed by atoms with Gasteiger partial charge in [-0.2, -0.15) is 5.26 Å². The molecule has 2 amide bonds. The average Bonchev–Trinajstić information content (AvgIpc) is 3.33. The van der Waals surface area contributed by atoms with Crippen molar-refractivity contribution < 1.29 is 9.53 Å². The Hall–Kier alpha value is -3.24. The SMILES string of the molecule is COc1cccc(N2CCC(CNC(=O)N3CCN(Cc4ccc(C#N)cc4)CC3)C2)c1. The number of carbonyl (C=O) groups is 1. The number of methoxy groups -OCH3 is 1. The van der Waals surface area contributed by atoms with Crippen LogP contribution in [0.3, 0.4) is 0 Å². The van der Waals surface area contributed by atoms with Gasteiger partial charge in [0.15, 0.2) is 0 Å². The Kier molecular flexibility index (Phi) is 7.13. The van der Waals surface area contributed by atoms with Gasteiger partial charge in [0.1, 0.15) is 5.75 Å². The third-order valence-electron chi connectivity index (χ3n) is 6.40. The lowest BCUT2D eigenvalue weighted by Gasteiger charge is -2.35. The number of rotatable bonds is 6. The number of nitrogens with zero attached hydrogens (tertiary/aromatic N) is 4. The number of urea groups is 1. The maximum atomic E-state index is 12.7. The molecule has 2 aliphatic heterocycles. The van der Waals surface area contributed by atoms with E-state index in [-0.39, 0.29) is 6.03 Å². The van der Waals surface area contributed by atoms with E-state index in [4.69, 9.17) is 10.00 Å². The van der Waals surface area contributed by atoms with Crippen LogP contribution < -0.4 is 15.0 Å². The van der Waals surface area contributed by atoms with Gasteiger partial charge in [-0.25, -0.2) is 4.79 Å². The van der Waals surface area contributed by atoms with Gasteiger partial charge in [-0.05, 0) is 42.2 Å². The van der Waals surface area contributed by atoms with E-state index in [1.54, 1.807) is 7.11 Å². The highest BCUT2D eigenvalue weighted by Gasteiger charge is 2.25. The molecule has 0 radical (unpaired) electrons. The van der Waals surface area contributed by atoms with E-state index in [0.29, 0.717) is 18.0 Å². The first-order valence-electron chi connectivity index (χ1n) is 11.3. The molecule has 4 rings (SSSR count). The van der Waals surface area contributed by atoms with Crippen molar-refractivity contribution in [2.75, 3.05) is 57.8 Å². The first kappa shape index (κ1) is 22.0. The van der Waals surface area contributed by atoms with E-state index in [0.717, 1.165) is 58.0 Å². The number of hydrogen-bond acceptors (Lipinski definition) is 5. The summed E-state index contributed by atoms with van der Waals surface area (Å²) in [5.74, 6) is 1.33. The van der Waals surface area contributed by atoms with Gasteiger partial charge in [-0.15, -0.1) is 0 Å². The van der Waals surface area contributed by atoms with Crippen LogP contribution in [0.2, 0.25) is 0 Å². The molecule has 0 spiro atoms. The van der Waals surface area contributed by atoms with Crippen molar-refractivity contribution >= 4 is 11.7 Å². The highest BCUT2D eigenvalue weighted by molar-refractivity contribution is 5.74. The zero-order chi connectivity index (χ0) is 22.3. The molecule has 2 saturated heterocycles. The summed E-state index contributed by atoms with van der Waals surface area (Å²) < 4.78 is 5.33. The Morgan fingerprint density at radius 1 is 1.12 bits per heavy atom. The third-order valence-corrected chi connectivity index (χ3v) is 6.40. The zero-order valence-corrected chi connectivity index (χ0v) is 18.7. The van der Waals surface area contributed by atoms with Crippen molar-refractivity contribution in [3.05, 3.63) is 59.7 Å². The van der Waals surface area contributed by atoms with Crippen LogP contribution >= 0.6 is 0 Å². The Morgan fingerprint density at radius 2 is 1.91 bits per heavy atom. The molecule has 1 unspecified atom stereocenters. The van der Waals surface area contributed by atoms with Gasteiger partial charge in [-0.1, -0.05) is 18.2 Å². The first-order chi connectivity index (χ1) is 15.6. The summed E-state index contributed by atoms with van der Waals surface area (Å²) in [4.78, 5) is 19.3. The normalized spacial score (nSPS) is 18.9. The van der Waals surface area contributed by atoms with Crippen LogP contribution in [0, 0.1) is 17.2 Å². The molecule has 2 heterocycles. The molecule has 2 aliphatic rings. The molecule has 0 saturated carbocycles. The van der Waals surface area contributed by atoms with Gasteiger partial charge < -0.3 is 19.9 Å². The molecular weight excluding hydrogens is 402 g/mol. The van der Waals surface area contributed by atoms with Gasteiger partial charge in [0, 0.05) is 64.1 Å². The maximum Gasteiger partial charge on any atom is 0.317 e. The number of ether oxygens (including phenoxy) is 1. The molecule has 7 heteroatoms. The molecule has 168 valence electrons. The van der Waals surface area contributed by atoms with Gasteiger partial charge in [0.25, 0.3) is 0 Å². The molecule has 1 N–H and O–H groups in total. The Labute approximate surface area is 190 Å². The van der Waals surface area contributed by atoms with Crippen LogP contribution in [0.4, 0.5) is 10.5 Å². The Morgan fingerprint density at radius 3 is 2.62 bits per heavy atom. The minimum atomic E-state index is 0.0443. The topological polar surface area (TPSA) is 71.8 Å². The number of benzene rings is 2. The minimum absolute atomic E-state index is 0.0443. The van der Waals surface area contributed by atoms with E-state index in [9.17, 15) is 4.79 Å². The van der Waals surface area contributed by atoms with Gasteiger partial charge in [-0.3, -0.25) is 4.90 Å². The number of hydrogen-bond donors (Lipinski definition) is 1. The minimum Gasteiger partial charge on any atom is -0.497 e. The zero-order valence-electron chi connectivity index (χ0n) is 18.7. The predicted octanol–water partition coefficient (Wildman–Crippen LogP) is 2.92. The van der Waals surface area contributed by atoms with Crippen molar-refractivity contribution in [3.63, 3.8) is 0 Å². The summed E-state index contributed by atoms with van der Waals surface area (Å²) in [6, 6.07) is 18.1. The van der Waals surface area contributed by atoms with Crippen LogP contribution in [-0.4, -0.2) is 68.8 Å². The molecule has 7 nitrogen and oxygen atoms in total. The molecular formula is C25H31N5O2. The number of piperazine rings is 1. The first-order valence-corrected chi connectivity index (χ1v) is 11.3. The molecule has 0 aliphatic carbocycles. The summed E-state index contributed by atoms with van der Waals surface area (Å²) >= 11 is 0. The highest BCUT2D eigenvalue weighted by Crippen LogP contribution is 2.26. The smallest absolute Gasteiger partial charge is 0.317 e. The lowest BCUT2D eigenvalue weighted by atomic mass is 10.1. The number of nitrogens with one attached hydrogen (secondary N) is 1. The van der Waals surface area contributed by atoms with E-state index in [1.807, 2.05) is 41.3 Å². The van der Waals surface area contributed by atoms with Crippen molar-refractivity contribution in [1.82, 2.24) is 15.1 Å². The van der Waals surface area contributed by atoms with Gasteiger partial charge >= 0.3 is 6.03 Å². The molecule has 1 atom stereocenters. The average molecular weight is 434 g/mol. The van der Waals surface area contributed by atoms with E-state index < -0.39 is 0 Å². The van der Waals surface area contributed by atoms with Crippen LogP contribution in [0.5, 0.6) is 5.75 Å². The molecule has 0 aromatic heterocycles. The fourth-order valence-corrected chi connectivity index (χ4v) is 4.44. The number of amides is 2. The Bertz CT molecular complexity index is 948. The summed E-state index contributed by atoms with van der Waals surface area (Å²) in [6.07, 6.45) is 1.08. The predicted molar refractivity (Wildman–Crippen MR) is 125 cm³/mol. The molecule has 2 aromatic rings. The molecule has 2 aromatic carbocycles. The second kappa shape index (κ2) is 10.4. The lowest BCUT2D eigenvalue weighted by Crippen LogP contribution is -2.52. The largest absolute Gasteiger partial charge is 0.497 e. The number of nitriles is 1. The van der Waals surface area contributed by atoms with Crippen LogP contribution in [-0.2, 0) is 6.54 Å². The lowest BCUT2D eigenvalue weighted by molar-refractivity contribution is 0.134. The molecule has 2 fully saturated rings. The van der Waals surface area contributed by atoms with Crippen molar-refractivity contribution in [1.29, 1.82) is 5.26 Å². The van der Waals surface area contributed by atoms with Crippen molar-refractivity contribution in [3.8, 4) is 11.8 Å². The molecule has 32 heavy (non-hydrogen) atoms.